The van der Waals surface area contributed by atoms with E-state index in [-0.39, 0.29) is 0 Å². The molecule has 1 heterocycles. The summed E-state index contributed by atoms with van der Waals surface area (Å²) in [5.41, 5.74) is 1.33. The Kier molecular flexibility index (Phi) is 4.59. The zero-order valence-corrected chi connectivity index (χ0v) is 11.8. The molecular weight excluding hydrogens is 222 g/mol. The predicted molar refractivity (Wildman–Crippen MR) is 76.9 cm³/mol. The van der Waals surface area contributed by atoms with Crippen LogP contribution >= 0.6 is 0 Å². The zero-order chi connectivity index (χ0) is 13.0. The molecule has 0 spiro atoms. The van der Waals surface area contributed by atoms with E-state index in [1.165, 1.54) is 24.8 Å². The van der Waals surface area contributed by atoms with Crippen LogP contribution in [0.5, 0.6) is 0 Å². The Morgan fingerprint density at radius 2 is 2.28 bits per heavy atom. The third kappa shape index (κ3) is 3.70. The third-order valence-corrected chi connectivity index (χ3v) is 3.59. The number of hydrogen-bond acceptors (Lipinski definition) is 3. The normalized spacial score (nSPS) is 16.6. The Bertz CT molecular complexity index is 374. The van der Waals surface area contributed by atoms with E-state index in [1.54, 1.807) is 0 Å². The van der Waals surface area contributed by atoms with Crippen molar-refractivity contribution in [3.63, 3.8) is 0 Å². The molecule has 18 heavy (non-hydrogen) atoms. The maximum Gasteiger partial charge on any atom is 0.128 e. The van der Waals surface area contributed by atoms with Crippen molar-refractivity contribution >= 4 is 5.82 Å². The van der Waals surface area contributed by atoms with Crippen LogP contribution in [-0.2, 0) is 0 Å². The van der Waals surface area contributed by atoms with E-state index in [0.29, 0.717) is 6.04 Å². The Morgan fingerprint density at radius 1 is 1.50 bits per heavy atom. The van der Waals surface area contributed by atoms with Crippen molar-refractivity contribution in [1.82, 2.24) is 10.3 Å². The molecule has 1 N–H and O–H groups in total. The highest BCUT2D eigenvalue weighted by Gasteiger charge is 2.23. The second-order valence-corrected chi connectivity index (χ2v) is 5.45. The van der Waals surface area contributed by atoms with Gasteiger partial charge in [0.15, 0.2) is 0 Å². The summed E-state index contributed by atoms with van der Waals surface area (Å²) in [6.07, 6.45) is 5.87. The Balaban J connectivity index is 1.98. The molecule has 1 aromatic rings. The van der Waals surface area contributed by atoms with Crippen LogP contribution in [0.2, 0.25) is 0 Å². The molecule has 1 aromatic heterocycles. The minimum atomic E-state index is 0.404. The number of nitrogens with one attached hydrogen (secondary N) is 1. The van der Waals surface area contributed by atoms with E-state index in [4.69, 9.17) is 0 Å². The highest BCUT2D eigenvalue weighted by Crippen LogP contribution is 2.30. The van der Waals surface area contributed by atoms with Gasteiger partial charge in [-0.15, -0.1) is 0 Å². The highest BCUT2D eigenvalue weighted by atomic mass is 15.2. The van der Waals surface area contributed by atoms with Gasteiger partial charge in [-0.2, -0.15) is 0 Å². The Morgan fingerprint density at radius 3 is 2.94 bits per heavy atom. The second-order valence-electron chi connectivity index (χ2n) is 5.45. The van der Waals surface area contributed by atoms with Gasteiger partial charge in [0.25, 0.3) is 0 Å². The molecule has 1 saturated carbocycles. The minimum absolute atomic E-state index is 0.404. The monoisotopic (exact) mass is 247 g/mol. The van der Waals surface area contributed by atoms with Crippen molar-refractivity contribution in [3.8, 4) is 0 Å². The van der Waals surface area contributed by atoms with E-state index in [0.717, 1.165) is 24.8 Å². The number of hydrogen-bond donors (Lipinski definition) is 1. The molecule has 1 atom stereocenters. The van der Waals surface area contributed by atoms with Crippen molar-refractivity contribution in [2.45, 2.75) is 39.2 Å². The van der Waals surface area contributed by atoms with Gasteiger partial charge < -0.3 is 10.2 Å². The summed E-state index contributed by atoms with van der Waals surface area (Å²) in [7, 11) is 2.15. The molecule has 1 aliphatic carbocycles. The topological polar surface area (TPSA) is 28.2 Å². The average Bonchev–Trinajstić information content (AvgIpc) is 3.20. The summed E-state index contributed by atoms with van der Waals surface area (Å²) in [5, 5.41) is 3.52. The van der Waals surface area contributed by atoms with Crippen LogP contribution in [0.3, 0.4) is 0 Å². The third-order valence-electron chi connectivity index (χ3n) is 3.59. The van der Waals surface area contributed by atoms with Crippen LogP contribution in [0, 0.1) is 5.92 Å². The van der Waals surface area contributed by atoms with Crippen LogP contribution in [0.25, 0.3) is 0 Å². The van der Waals surface area contributed by atoms with Crippen molar-refractivity contribution in [2.24, 2.45) is 5.92 Å². The molecule has 1 unspecified atom stereocenters. The molecule has 3 nitrogen and oxygen atoms in total. The number of rotatable bonds is 7. The molecule has 0 amide bonds. The lowest BCUT2D eigenvalue weighted by atomic mass is 10.1. The number of anilines is 1. The quantitative estimate of drug-likeness (QED) is 0.803. The van der Waals surface area contributed by atoms with Gasteiger partial charge in [-0.05, 0) is 56.3 Å². The largest absolute Gasteiger partial charge is 0.359 e. The molecule has 1 aliphatic rings. The lowest BCUT2D eigenvalue weighted by Gasteiger charge is -2.20. The van der Waals surface area contributed by atoms with Crippen LogP contribution < -0.4 is 10.2 Å². The van der Waals surface area contributed by atoms with Crippen molar-refractivity contribution in [1.29, 1.82) is 0 Å². The summed E-state index contributed by atoms with van der Waals surface area (Å²) in [5.74, 6) is 2.00. The molecule has 0 radical (unpaired) electrons. The molecule has 0 bridgehead atoms. The van der Waals surface area contributed by atoms with Gasteiger partial charge in [0.1, 0.15) is 5.82 Å². The number of aromatic nitrogens is 1. The van der Waals surface area contributed by atoms with E-state index in [9.17, 15) is 0 Å². The van der Waals surface area contributed by atoms with Crippen LogP contribution in [0.1, 0.15) is 44.7 Å². The molecule has 2 rings (SSSR count). The van der Waals surface area contributed by atoms with Crippen LogP contribution in [0.15, 0.2) is 18.3 Å². The van der Waals surface area contributed by atoms with E-state index in [2.05, 4.69) is 48.2 Å². The first-order valence-corrected chi connectivity index (χ1v) is 7.11. The molecular formula is C15H25N3. The first-order chi connectivity index (χ1) is 8.70. The van der Waals surface area contributed by atoms with Crippen molar-refractivity contribution in [3.05, 3.63) is 23.9 Å². The predicted octanol–water partition coefficient (Wildman–Crippen LogP) is 2.99. The standard InChI is InChI=1S/C15H25N3/c1-4-8-16-12(2)14-7-9-17-15(10-14)18(3)11-13-5-6-13/h7,9-10,12-13,16H,4-6,8,11H2,1-3H3. The van der Waals surface area contributed by atoms with Gasteiger partial charge in [-0.3, -0.25) is 0 Å². The van der Waals surface area contributed by atoms with E-state index in [1.807, 2.05) is 6.20 Å². The fourth-order valence-corrected chi connectivity index (χ4v) is 2.17. The van der Waals surface area contributed by atoms with Gasteiger partial charge in [0.05, 0.1) is 0 Å². The van der Waals surface area contributed by atoms with Crippen molar-refractivity contribution in [2.75, 3.05) is 25.0 Å². The fraction of sp³-hybridized carbons (Fsp3) is 0.667. The average molecular weight is 247 g/mol. The maximum atomic E-state index is 4.48. The second kappa shape index (κ2) is 6.19. The zero-order valence-electron chi connectivity index (χ0n) is 11.8. The van der Waals surface area contributed by atoms with Gasteiger partial charge in [0.2, 0.25) is 0 Å². The van der Waals surface area contributed by atoms with E-state index >= 15 is 0 Å². The first-order valence-electron chi connectivity index (χ1n) is 7.11. The van der Waals surface area contributed by atoms with Crippen LogP contribution in [-0.4, -0.2) is 25.1 Å². The van der Waals surface area contributed by atoms with Gasteiger partial charge in [-0.25, -0.2) is 4.98 Å². The lowest BCUT2D eigenvalue weighted by molar-refractivity contribution is 0.570. The summed E-state index contributed by atoms with van der Waals surface area (Å²) < 4.78 is 0. The van der Waals surface area contributed by atoms with Crippen molar-refractivity contribution < 1.29 is 0 Å². The highest BCUT2D eigenvalue weighted by molar-refractivity contribution is 5.41. The van der Waals surface area contributed by atoms with Gasteiger partial charge in [0, 0.05) is 25.8 Å². The number of pyridine rings is 1. The minimum Gasteiger partial charge on any atom is -0.359 e. The maximum absolute atomic E-state index is 4.48. The summed E-state index contributed by atoms with van der Waals surface area (Å²) in [4.78, 5) is 6.77. The Labute approximate surface area is 111 Å². The fourth-order valence-electron chi connectivity index (χ4n) is 2.17. The van der Waals surface area contributed by atoms with Gasteiger partial charge >= 0.3 is 0 Å². The van der Waals surface area contributed by atoms with Crippen LogP contribution in [0.4, 0.5) is 5.82 Å². The van der Waals surface area contributed by atoms with Gasteiger partial charge in [-0.1, -0.05) is 6.92 Å². The molecule has 1 fully saturated rings. The summed E-state index contributed by atoms with van der Waals surface area (Å²) >= 11 is 0. The summed E-state index contributed by atoms with van der Waals surface area (Å²) in [6, 6.07) is 4.73. The molecule has 100 valence electrons. The molecule has 3 heteroatoms. The lowest BCUT2D eigenvalue weighted by Crippen LogP contribution is -2.23. The SMILES string of the molecule is CCCNC(C)c1ccnc(N(C)CC2CC2)c1. The van der Waals surface area contributed by atoms with E-state index < -0.39 is 0 Å². The molecule has 0 aliphatic heterocycles. The smallest absolute Gasteiger partial charge is 0.128 e. The molecule has 0 aromatic carbocycles. The Hall–Kier alpha value is -1.09. The first kappa shape index (κ1) is 13.3. The number of nitrogens with zero attached hydrogens (tertiary/aromatic N) is 2. The molecule has 0 saturated heterocycles. The summed E-state index contributed by atoms with van der Waals surface area (Å²) in [6.45, 7) is 6.63.